The van der Waals surface area contributed by atoms with Crippen LogP contribution in [0.1, 0.15) is 71.6 Å². The molecule has 0 radical (unpaired) electrons. The van der Waals surface area contributed by atoms with Gasteiger partial charge in [-0.25, -0.2) is 0 Å². The van der Waals surface area contributed by atoms with Crippen LogP contribution in [0.25, 0.3) is 0 Å². The minimum atomic E-state index is -0.971. The predicted octanol–water partition coefficient (Wildman–Crippen LogP) is 2.34. The fourth-order valence-corrected chi connectivity index (χ4v) is 3.03. The molecule has 2 atom stereocenters. The van der Waals surface area contributed by atoms with E-state index >= 15 is 0 Å². The number of hydrogen-bond donors (Lipinski definition) is 3. The molecule has 1 saturated carbocycles. The van der Waals surface area contributed by atoms with Gasteiger partial charge in [0.15, 0.2) is 0 Å². The number of carbonyl (C=O) groups is 1. The lowest BCUT2D eigenvalue weighted by atomic mass is 9.84. The van der Waals surface area contributed by atoms with Crippen LogP contribution in [0.2, 0.25) is 0 Å². The minimum Gasteiger partial charge on any atom is -0.393 e. The van der Waals surface area contributed by atoms with E-state index in [2.05, 4.69) is 5.32 Å². The molecular formula is C16H32N2O2. The summed E-state index contributed by atoms with van der Waals surface area (Å²) in [5, 5.41) is 12.9. The number of nitrogens with two attached hydrogens (primary N) is 1. The van der Waals surface area contributed by atoms with Crippen molar-refractivity contribution in [2.75, 3.05) is 6.54 Å². The van der Waals surface area contributed by atoms with Crippen LogP contribution in [-0.4, -0.2) is 29.2 Å². The van der Waals surface area contributed by atoms with Gasteiger partial charge in [-0.1, -0.05) is 39.0 Å². The van der Waals surface area contributed by atoms with Crippen molar-refractivity contribution in [2.45, 2.75) is 83.3 Å². The van der Waals surface area contributed by atoms with E-state index in [0.717, 1.165) is 25.2 Å². The summed E-state index contributed by atoms with van der Waals surface area (Å²) in [6, 6.07) is 0. The van der Waals surface area contributed by atoms with Gasteiger partial charge in [-0.05, 0) is 38.5 Å². The quantitative estimate of drug-likeness (QED) is 0.640. The first kappa shape index (κ1) is 17.4. The molecule has 0 heterocycles. The third kappa shape index (κ3) is 6.23. The number of nitrogens with one attached hydrogen (secondary N) is 1. The van der Waals surface area contributed by atoms with Crippen molar-refractivity contribution in [2.24, 2.45) is 11.7 Å². The third-order valence-corrected chi connectivity index (χ3v) is 4.35. The maximum Gasteiger partial charge on any atom is 0.239 e. The van der Waals surface area contributed by atoms with Crippen molar-refractivity contribution in [1.82, 2.24) is 5.32 Å². The molecule has 0 aromatic carbocycles. The maximum atomic E-state index is 11.9. The van der Waals surface area contributed by atoms with Gasteiger partial charge in [0.25, 0.3) is 0 Å². The molecule has 1 aliphatic rings. The Morgan fingerprint density at radius 3 is 2.65 bits per heavy atom. The summed E-state index contributed by atoms with van der Waals surface area (Å²) < 4.78 is 0. The highest BCUT2D eigenvalue weighted by molar-refractivity contribution is 5.85. The summed E-state index contributed by atoms with van der Waals surface area (Å²) >= 11 is 0. The molecule has 0 saturated heterocycles. The minimum absolute atomic E-state index is 0.156. The second-order valence-corrected chi connectivity index (χ2v) is 6.61. The molecule has 0 aromatic rings. The van der Waals surface area contributed by atoms with Crippen molar-refractivity contribution in [3.63, 3.8) is 0 Å². The average molecular weight is 284 g/mol. The molecule has 1 fully saturated rings. The number of rotatable bonds is 8. The zero-order chi connectivity index (χ0) is 15.0. The predicted molar refractivity (Wildman–Crippen MR) is 82.3 cm³/mol. The van der Waals surface area contributed by atoms with Gasteiger partial charge in [0.2, 0.25) is 5.91 Å². The van der Waals surface area contributed by atoms with E-state index in [0.29, 0.717) is 13.0 Å². The molecule has 0 bridgehead atoms. The normalized spacial score (nSPS) is 21.2. The topological polar surface area (TPSA) is 75.4 Å². The maximum absolute atomic E-state index is 11.9. The van der Waals surface area contributed by atoms with Crippen LogP contribution in [0.5, 0.6) is 0 Å². The van der Waals surface area contributed by atoms with Crippen LogP contribution in [0.3, 0.4) is 0 Å². The Kier molecular flexibility index (Phi) is 7.52. The highest BCUT2D eigenvalue weighted by Crippen LogP contribution is 2.28. The van der Waals surface area contributed by atoms with E-state index in [-0.39, 0.29) is 5.91 Å². The molecule has 0 spiro atoms. The molecule has 1 aliphatic carbocycles. The highest BCUT2D eigenvalue weighted by Gasteiger charge is 2.30. The highest BCUT2D eigenvalue weighted by atomic mass is 16.3. The van der Waals surface area contributed by atoms with Gasteiger partial charge in [0.05, 0.1) is 11.6 Å². The van der Waals surface area contributed by atoms with Crippen molar-refractivity contribution < 1.29 is 9.90 Å². The Labute approximate surface area is 123 Å². The number of aliphatic hydroxyl groups excluding tert-OH is 1. The van der Waals surface area contributed by atoms with Gasteiger partial charge in [0, 0.05) is 6.54 Å². The van der Waals surface area contributed by atoms with Gasteiger partial charge in [-0.15, -0.1) is 0 Å². The van der Waals surface area contributed by atoms with Crippen LogP contribution in [0.4, 0.5) is 0 Å². The monoisotopic (exact) mass is 284 g/mol. The summed E-state index contributed by atoms with van der Waals surface area (Å²) in [6.07, 6.45) is 9.20. The summed E-state index contributed by atoms with van der Waals surface area (Å²) in [7, 11) is 0. The van der Waals surface area contributed by atoms with Crippen molar-refractivity contribution >= 4 is 5.91 Å². The van der Waals surface area contributed by atoms with E-state index in [1.165, 1.54) is 32.1 Å². The van der Waals surface area contributed by atoms with E-state index < -0.39 is 11.6 Å². The molecule has 1 amide bonds. The fourth-order valence-electron chi connectivity index (χ4n) is 3.03. The first-order chi connectivity index (χ1) is 9.45. The summed E-state index contributed by atoms with van der Waals surface area (Å²) in [5.41, 5.74) is 5.07. The van der Waals surface area contributed by atoms with Crippen LogP contribution in [-0.2, 0) is 4.79 Å². The van der Waals surface area contributed by atoms with Crippen molar-refractivity contribution in [1.29, 1.82) is 0 Å². The summed E-state index contributed by atoms with van der Waals surface area (Å²) in [5.74, 6) is 0.604. The molecule has 4 N–H and O–H groups in total. The summed E-state index contributed by atoms with van der Waals surface area (Å²) in [6.45, 7) is 4.36. The molecule has 1 rings (SSSR count). The largest absolute Gasteiger partial charge is 0.393 e. The molecule has 4 heteroatoms. The number of aliphatic hydroxyl groups is 1. The number of carbonyl (C=O) groups excluding carboxylic acids is 1. The van der Waals surface area contributed by atoms with Crippen LogP contribution < -0.4 is 11.1 Å². The Morgan fingerprint density at radius 1 is 1.40 bits per heavy atom. The molecule has 0 aliphatic heterocycles. The van der Waals surface area contributed by atoms with E-state index in [1.54, 1.807) is 6.92 Å². The lowest BCUT2D eigenvalue weighted by Gasteiger charge is -2.27. The first-order valence-corrected chi connectivity index (χ1v) is 8.21. The van der Waals surface area contributed by atoms with Gasteiger partial charge in [-0.3, -0.25) is 4.79 Å². The molecule has 118 valence electrons. The molecule has 20 heavy (non-hydrogen) atoms. The van der Waals surface area contributed by atoms with Gasteiger partial charge >= 0.3 is 0 Å². The third-order valence-electron chi connectivity index (χ3n) is 4.35. The Hall–Kier alpha value is -0.610. The standard InChI is InChI=1S/C16H32N2O2/c1-3-11-18-15(20)16(2,17)12-14(19)10-9-13-7-5-4-6-8-13/h13-14,19H,3-12,17H2,1-2H3,(H,18,20). The second-order valence-electron chi connectivity index (χ2n) is 6.61. The Bertz CT molecular complexity index is 286. The average Bonchev–Trinajstić information content (AvgIpc) is 2.43. The van der Waals surface area contributed by atoms with E-state index in [4.69, 9.17) is 5.73 Å². The van der Waals surface area contributed by atoms with Crippen LogP contribution >= 0.6 is 0 Å². The Morgan fingerprint density at radius 2 is 2.05 bits per heavy atom. The van der Waals surface area contributed by atoms with Crippen LogP contribution in [0.15, 0.2) is 0 Å². The molecule has 4 nitrogen and oxygen atoms in total. The fraction of sp³-hybridized carbons (Fsp3) is 0.938. The zero-order valence-corrected chi connectivity index (χ0v) is 13.2. The van der Waals surface area contributed by atoms with E-state index in [9.17, 15) is 9.90 Å². The molecule has 2 unspecified atom stereocenters. The van der Waals surface area contributed by atoms with Crippen LogP contribution in [0, 0.1) is 5.92 Å². The zero-order valence-electron chi connectivity index (χ0n) is 13.2. The molecule has 0 aromatic heterocycles. The van der Waals surface area contributed by atoms with Gasteiger partial charge in [0.1, 0.15) is 0 Å². The van der Waals surface area contributed by atoms with E-state index in [1.807, 2.05) is 6.92 Å². The summed E-state index contributed by atoms with van der Waals surface area (Å²) in [4.78, 5) is 11.9. The van der Waals surface area contributed by atoms with Crippen molar-refractivity contribution in [3.8, 4) is 0 Å². The second kappa shape index (κ2) is 8.63. The number of amides is 1. The van der Waals surface area contributed by atoms with Crippen molar-refractivity contribution in [3.05, 3.63) is 0 Å². The SMILES string of the molecule is CCCNC(=O)C(C)(N)CC(O)CCC1CCCCC1. The first-order valence-electron chi connectivity index (χ1n) is 8.21. The lowest BCUT2D eigenvalue weighted by Crippen LogP contribution is -2.53. The number of hydrogen-bond acceptors (Lipinski definition) is 3. The van der Waals surface area contributed by atoms with Gasteiger partial charge in [-0.2, -0.15) is 0 Å². The van der Waals surface area contributed by atoms with Gasteiger partial charge < -0.3 is 16.2 Å². The smallest absolute Gasteiger partial charge is 0.239 e. The lowest BCUT2D eigenvalue weighted by molar-refractivity contribution is -0.126. The Balaban J connectivity index is 2.28. The molecular weight excluding hydrogens is 252 g/mol.